The van der Waals surface area contributed by atoms with E-state index >= 15 is 0 Å². The number of aldehydes is 1. The molecule has 110 heavy (non-hydrogen) atoms. The summed E-state index contributed by atoms with van der Waals surface area (Å²) < 4.78 is 60.9. The minimum atomic E-state index is -3.77. The van der Waals surface area contributed by atoms with Gasteiger partial charge in [0.15, 0.2) is 0 Å². The van der Waals surface area contributed by atoms with Crippen LogP contribution in [0.2, 0.25) is 0 Å². The maximum Gasteiger partial charge on any atom is 0.410 e. The number of aliphatic hydroxyl groups excluding tert-OH is 1. The van der Waals surface area contributed by atoms with E-state index in [0.29, 0.717) is 89.4 Å². The standard InChI is InChI=1S/C17H25NO5S.C15H30N2O2.C11H18N2O2.C11H19NO3.C10H22N2.C10H19NO3.C4H11N.C4H8O.CH4/c1-13-5-7-15(8-6-13)24(20,21)22-12-14-9-10-18(11-14)16(19)23-17(2,3)4;1-6-16(7-2)10-8-13-9-11-17(12-13)14(18)19-15(3,4)5;1-11(2,3)15-10(14)13-7-5-9(8-13)4-6-12;1-11(2,3)15-10(14)12-6-4-9(8-12)5-7-13;1-3-12(4-2)8-6-10-5-7-11-9-10;1-10(2,3)14-9(13)11-5-4-8(6-11)7-12;1-3-5-4-2;1-2-4-5-3-1;/h5-8,14H,9-12H2,1-4H3;13H,6-12H2,1-5H3;9H,4-5,7-8H2,1-3H3;7,9H,4-6,8H2,1-3H3;10-11H,3-9H2,1-2H3;8,12H,4-7H2,1-3H3;5H,3-4H2,1-2H3;1-4H2;1H4/t14-;13-;2*9-;10-;8-;;;/m000110.../s1. The van der Waals surface area contributed by atoms with Crippen LogP contribution in [-0.4, -0.2) is 270 Å². The van der Waals surface area contributed by atoms with Gasteiger partial charge in [0.2, 0.25) is 0 Å². The number of hydrogen-bond acceptors (Lipinski definition) is 21. The normalized spacial score (nSPS) is 20.3. The third-order valence-corrected chi connectivity index (χ3v) is 19.8. The Kier molecular flexibility index (Phi) is 51.5. The van der Waals surface area contributed by atoms with E-state index < -0.39 is 38.1 Å². The predicted octanol–water partition coefficient (Wildman–Crippen LogP) is 14.5. The molecule has 7 fully saturated rings. The number of aliphatic hydroxyl groups is 1. The Bertz CT molecular complexity index is 2820. The van der Waals surface area contributed by atoms with Gasteiger partial charge in [-0.3, -0.25) is 4.18 Å². The van der Waals surface area contributed by atoms with Crippen molar-refractivity contribution in [3.05, 3.63) is 29.8 Å². The summed E-state index contributed by atoms with van der Waals surface area (Å²) in [7, 11) is -3.77. The number of nitriles is 1. The van der Waals surface area contributed by atoms with Crippen LogP contribution in [0.4, 0.5) is 24.0 Å². The quantitative estimate of drug-likeness (QED) is 0.0621. The highest BCUT2D eigenvalue weighted by Crippen LogP contribution is 2.27. The molecule has 7 aliphatic heterocycles. The SMILES string of the molecule is C.C1CCOC1.CC(C)(C)OC(=O)N1CC[C@H](CC#N)C1.CC(C)(C)OC(=O)N1CC[C@H](CC=O)C1.CC(C)(C)OC(=O)N1CC[C@H](CO)C1.CCN(CC)CC[C@H]1CCN(C(=O)OC(C)(C)C)C1.CCN(CC)CC[C@H]1CCNC1.CCNCC.Cc1ccc(S(=O)(=O)OC[C@H]2CCN(C(=O)OC(C)(C)C)C2)cc1. The van der Waals surface area contributed by atoms with Gasteiger partial charge >= 0.3 is 30.5 Å². The minimum Gasteiger partial charge on any atom is -0.444 e. The Morgan fingerprint density at radius 2 is 0.891 bits per heavy atom. The predicted molar refractivity (Wildman–Crippen MR) is 439 cm³/mol. The Hall–Kier alpha value is -5.60. The lowest BCUT2D eigenvalue weighted by Gasteiger charge is -2.24. The van der Waals surface area contributed by atoms with Gasteiger partial charge < -0.3 is 83.3 Å². The molecule has 640 valence electrons. The fraction of sp³-hybridized carbons (Fsp3) is 0.843. The van der Waals surface area contributed by atoms with Crippen LogP contribution in [0.5, 0.6) is 0 Å². The van der Waals surface area contributed by atoms with Crippen LogP contribution in [-0.2, 0) is 47.5 Å². The molecule has 0 radical (unpaired) electrons. The molecule has 1 aromatic carbocycles. The summed E-state index contributed by atoms with van der Waals surface area (Å²) >= 11 is 0. The Morgan fingerprint density at radius 3 is 1.21 bits per heavy atom. The number of nitrogens with one attached hydrogen (secondary N) is 2. The molecular formula is C83H156N10O16S. The van der Waals surface area contributed by atoms with Gasteiger partial charge in [-0.2, -0.15) is 13.7 Å². The minimum absolute atomic E-state index is 0. The number of carbonyl (C=O) groups excluding carboxylic acids is 6. The molecule has 26 nitrogen and oxygen atoms in total. The lowest BCUT2D eigenvalue weighted by atomic mass is 10.0. The zero-order valence-corrected chi connectivity index (χ0v) is 72.7. The Labute approximate surface area is 667 Å². The van der Waals surface area contributed by atoms with Crippen molar-refractivity contribution < 1.29 is 74.9 Å². The molecule has 0 aliphatic carbocycles. The summed E-state index contributed by atoms with van der Waals surface area (Å²) in [4.78, 5) is 82.7. The average Bonchev–Trinajstić information content (AvgIpc) is 1.28. The Morgan fingerprint density at radius 1 is 0.545 bits per heavy atom. The van der Waals surface area contributed by atoms with Crippen LogP contribution >= 0.6 is 0 Å². The van der Waals surface area contributed by atoms with Gasteiger partial charge in [0.25, 0.3) is 10.1 Å². The van der Waals surface area contributed by atoms with Crippen LogP contribution in [0, 0.1) is 53.8 Å². The van der Waals surface area contributed by atoms with Crippen molar-refractivity contribution in [3.8, 4) is 6.07 Å². The largest absolute Gasteiger partial charge is 0.444 e. The van der Waals surface area contributed by atoms with Crippen molar-refractivity contribution in [2.24, 2.45) is 35.5 Å². The summed E-state index contributed by atoms with van der Waals surface area (Å²) in [6.45, 7) is 63.5. The smallest absolute Gasteiger partial charge is 0.410 e. The van der Waals surface area contributed by atoms with E-state index in [-0.39, 0.29) is 67.8 Å². The van der Waals surface area contributed by atoms with E-state index in [1.807, 2.05) is 116 Å². The van der Waals surface area contributed by atoms with E-state index in [1.54, 1.807) is 31.7 Å². The summed E-state index contributed by atoms with van der Waals surface area (Å²) in [6, 6.07) is 8.67. The van der Waals surface area contributed by atoms with Crippen LogP contribution in [0.1, 0.15) is 235 Å². The van der Waals surface area contributed by atoms with Crippen molar-refractivity contribution in [3.63, 3.8) is 0 Å². The zero-order chi connectivity index (χ0) is 82.6. The second-order valence-electron chi connectivity index (χ2n) is 34.2. The van der Waals surface area contributed by atoms with Gasteiger partial charge in [-0.1, -0.05) is 66.7 Å². The van der Waals surface area contributed by atoms with Gasteiger partial charge in [0, 0.05) is 110 Å². The number of carbonyl (C=O) groups is 6. The highest BCUT2D eigenvalue weighted by atomic mass is 32.2. The first-order valence-corrected chi connectivity index (χ1v) is 42.1. The fourth-order valence-electron chi connectivity index (χ4n) is 12.3. The lowest BCUT2D eigenvalue weighted by Crippen LogP contribution is -2.35. The Balaban J connectivity index is 0.00000127. The molecule has 6 atom stereocenters. The van der Waals surface area contributed by atoms with Crippen molar-refractivity contribution in [2.45, 2.75) is 270 Å². The molecular weight excluding hydrogens is 1430 g/mol. The van der Waals surface area contributed by atoms with Crippen LogP contribution in [0.25, 0.3) is 0 Å². The number of ether oxygens (including phenoxy) is 6. The van der Waals surface area contributed by atoms with Crippen LogP contribution in [0.3, 0.4) is 0 Å². The molecule has 0 unspecified atom stereocenters. The number of likely N-dealkylation sites (tertiary alicyclic amines) is 5. The summed E-state index contributed by atoms with van der Waals surface area (Å²) in [5.74, 6) is 2.43. The maximum absolute atomic E-state index is 12.2. The van der Waals surface area contributed by atoms with Gasteiger partial charge in [-0.15, -0.1) is 0 Å². The van der Waals surface area contributed by atoms with E-state index in [4.69, 9.17) is 43.0 Å². The number of hydrogen-bond donors (Lipinski definition) is 3. The summed E-state index contributed by atoms with van der Waals surface area (Å²) in [5.41, 5.74) is -1.27. The van der Waals surface area contributed by atoms with Gasteiger partial charge in [-0.25, -0.2) is 24.0 Å². The van der Waals surface area contributed by atoms with Crippen molar-refractivity contribution in [2.75, 3.05) is 157 Å². The second kappa shape index (κ2) is 54.2. The average molecular weight is 1580 g/mol. The lowest BCUT2D eigenvalue weighted by molar-refractivity contribution is -0.108. The van der Waals surface area contributed by atoms with Crippen molar-refractivity contribution >= 4 is 46.9 Å². The molecule has 7 aliphatic rings. The monoisotopic (exact) mass is 1580 g/mol. The molecule has 8 rings (SSSR count). The topological polar surface area (TPSA) is 292 Å². The molecule has 0 bridgehead atoms. The summed E-state index contributed by atoms with van der Waals surface area (Å²) in [6.07, 6.45) is 11.7. The molecule has 27 heteroatoms. The molecule has 3 N–H and O–H groups in total. The van der Waals surface area contributed by atoms with Gasteiger partial charge in [0.05, 0.1) is 17.6 Å². The number of amides is 5. The maximum atomic E-state index is 12.2. The van der Waals surface area contributed by atoms with Gasteiger partial charge in [0.1, 0.15) is 34.3 Å². The number of aryl methyl sites for hydroxylation is 1. The third-order valence-electron chi connectivity index (χ3n) is 18.5. The molecule has 0 saturated carbocycles. The van der Waals surface area contributed by atoms with Gasteiger partial charge in [-0.05, 0) is 276 Å². The highest BCUT2D eigenvalue weighted by molar-refractivity contribution is 7.86. The fourth-order valence-corrected chi connectivity index (χ4v) is 13.2. The first-order valence-electron chi connectivity index (χ1n) is 40.7. The number of rotatable bonds is 20. The molecule has 0 aromatic heterocycles. The zero-order valence-electron chi connectivity index (χ0n) is 71.9. The molecule has 7 heterocycles. The van der Waals surface area contributed by atoms with Crippen molar-refractivity contribution in [1.82, 2.24) is 44.9 Å². The molecule has 1 aromatic rings. The van der Waals surface area contributed by atoms with E-state index in [0.717, 1.165) is 102 Å². The van der Waals surface area contributed by atoms with E-state index in [1.165, 1.54) is 77.0 Å². The third kappa shape index (κ3) is 49.1. The molecule has 0 spiro atoms. The van der Waals surface area contributed by atoms with Crippen molar-refractivity contribution in [1.29, 1.82) is 5.26 Å². The number of benzene rings is 1. The van der Waals surface area contributed by atoms with Crippen LogP contribution < -0.4 is 10.6 Å². The first-order chi connectivity index (χ1) is 51.0. The molecule has 7 saturated heterocycles. The van der Waals surface area contributed by atoms with Crippen LogP contribution in [0.15, 0.2) is 29.2 Å². The summed E-state index contributed by atoms with van der Waals surface area (Å²) in [5, 5.41) is 24.0. The van der Waals surface area contributed by atoms with E-state index in [2.05, 4.69) is 68.0 Å². The molecule has 5 amide bonds. The first kappa shape index (κ1) is 104. The second-order valence-corrected chi connectivity index (χ2v) is 35.8. The highest BCUT2D eigenvalue weighted by Gasteiger charge is 2.35. The number of nitrogens with zero attached hydrogens (tertiary/aromatic N) is 8. The van der Waals surface area contributed by atoms with E-state index in [9.17, 15) is 37.2 Å².